The predicted octanol–water partition coefficient (Wildman–Crippen LogP) is 2.80. The smallest absolute Gasteiger partial charge is 0.125 e. The van der Waals surface area contributed by atoms with Gasteiger partial charge >= 0.3 is 0 Å². The third-order valence-corrected chi connectivity index (χ3v) is 6.16. The SMILES string of the molecule is COc1ccc2c(c1)[C@@H](O)[C@@H]([C@@H]1COc3ccc4c(c3[C@@H]1O)CCCO4)CO2. The van der Waals surface area contributed by atoms with Gasteiger partial charge in [0.25, 0.3) is 0 Å². The molecular weight excluding hydrogens is 360 g/mol. The average molecular weight is 384 g/mol. The fraction of sp³-hybridized carbons (Fsp3) is 0.455. The second-order valence-electron chi connectivity index (χ2n) is 7.65. The molecule has 0 spiro atoms. The van der Waals surface area contributed by atoms with Crippen molar-refractivity contribution in [2.45, 2.75) is 25.0 Å². The van der Waals surface area contributed by atoms with E-state index in [2.05, 4.69) is 0 Å². The molecule has 0 fully saturated rings. The van der Waals surface area contributed by atoms with E-state index in [1.54, 1.807) is 13.2 Å². The molecule has 2 aromatic carbocycles. The molecule has 4 atom stereocenters. The van der Waals surface area contributed by atoms with Crippen molar-refractivity contribution in [1.29, 1.82) is 0 Å². The molecule has 0 amide bonds. The molecule has 6 heteroatoms. The monoisotopic (exact) mass is 384 g/mol. The summed E-state index contributed by atoms with van der Waals surface area (Å²) >= 11 is 0. The lowest BCUT2D eigenvalue weighted by molar-refractivity contribution is -0.0557. The highest BCUT2D eigenvalue weighted by atomic mass is 16.5. The maximum atomic E-state index is 11.3. The Kier molecular flexibility index (Phi) is 4.33. The minimum Gasteiger partial charge on any atom is -0.497 e. The Morgan fingerprint density at radius 3 is 2.43 bits per heavy atom. The number of aliphatic hydroxyl groups excluding tert-OH is 2. The van der Waals surface area contributed by atoms with Crippen LogP contribution in [0.1, 0.15) is 35.3 Å². The van der Waals surface area contributed by atoms with Gasteiger partial charge in [-0.2, -0.15) is 0 Å². The van der Waals surface area contributed by atoms with Crippen molar-refractivity contribution in [3.8, 4) is 23.0 Å². The third kappa shape index (κ3) is 2.71. The van der Waals surface area contributed by atoms with E-state index in [-0.39, 0.29) is 11.8 Å². The fourth-order valence-corrected chi connectivity index (χ4v) is 4.63. The van der Waals surface area contributed by atoms with Crippen molar-refractivity contribution in [2.75, 3.05) is 26.9 Å². The lowest BCUT2D eigenvalue weighted by Gasteiger charge is -2.41. The van der Waals surface area contributed by atoms with Gasteiger partial charge in [-0.15, -0.1) is 0 Å². The first kappa shape index (κ1) is 17.6. The van der Waals surface area contributed by atoms with E-state index < -0.39 is 12.2 Å². The van der Waals surface area contributed by atoms with E-state index in [4.69, 9.17) is 18.9 Å². The molecule has 0 bridgehead atoms. The number of ether oxygens (including phenoxy) is 4. The number of methoxy groups -OCH3 is 1. The van der Waals surface area contributed by atoms with Crippen LogP contribution >= 0.6 is 0 Å². The number of aliphatic hydroxyl groups is 2. The van der Waals surface area contributed by atoms with Gasteiger partial charge in [-0.3, -0.25) is 0 Å². The zero-order chi connectivity index (χ0) is 19.3. The normalized spacial score (nSPS) is 28.0. The minimum absolute atomic E-state index is 0.282. The van der Waals surface area contributed by atoms with Gasteiger partial charge in [0.05, 0.1) is 39.1 Å². The molecule has 6 nitrogen and oxygen atoms in total. The van der Waals surface area contributed by atoms with Crippen LogP contribution in [0.2, 0.25) is 0 Å². The first-order valence-corrected chi connectivity index (χ1v) is 9.75. The van der Waals surface area contributed by atoms with Crippen LogP contribution in [0.4, 0.5) is 0 Å². The van der Waals surface area contributed by atoms with E-state index in [1.165, 1.54) is 0 Å². The Bertz CT molecular complexity index is 895. The molecule has 0 radical (unpaired) electrons. The summed E-state index contributed by atoms with van der Waals surface area (Å²) in [5.74, 6) is 2.28. The van der Waals surface area contributed by atoms with Crippen molar-refractivity contribution < 1.29 is 29.2 Å². The highest BCUT2D eigenvalue weighted by Gasteiger charge is 2.43. The highest BCUT2D eigenvalue weighted by Crippen LogP contribution is 2.49. The number of hydrogen-bond acceptors (Lipinski definition) is 6. The molecule has 3 aliphatic rings. The van der Waals surface area contributed by atoms with E-state index in [1.807, 2.05) is 24.3 Å². The Morgan fingerprint density at radius 2 is 1.61 bits per heavy atom. The molecule has 2 N–H and O–H groups in total. The fourth-order valence-electron chi connectivity index (χ4n) is 4.63. The molecule has 148 valence electrons. The van der Waals surface area contributed by atoms with Crippen LogP contribution < -0.4 is 18.9 Å². The number of fused-ring (bicyclic) bond motifs is 4. The molecule has 0 saturated heterocycles. The van der Waals surface area contributed by atoms with Gasteiger partial charge in [0.1, 0.15) is 23.0 Å². The molecule has 0 aromatic heterocycles. The lowest BCUT2D eigenvalue weighted by Crippen LogP contribution is -2.40. The van der Waals surface area contributed by atoms with E-state index in [9.17, 15) is 10.2 Å². The van der Waals surface area contributed by atoms with Crippen LogP contribution in [0.15, 0.2) is 30.3 Å². The topological polar surface area (TPSA) is 77.4 Å². The van der Waals surface area contributed by atoms with Crippen LogP contribution in [-0.2, 0) is 6.42 Å². The van der Waals surface area contributed by atoms with Gasteiger partial charge in [0.15, 0.2) is 0 Å². The van der Waals surface area contributed by atoms with Crippen molar-refractivity contribution in [3.63, 3.8) is 0 Å². The van der Waals surface area contributed by atoms with E-state index >= 15 is 0 Å². The quantitative estimate of drug-likeness (QED) is 0.829. The second kappa shape index (κ2) is 6.87. The second-order valence-corrected chi connectivity index (χ2v) is 7.65. The molecule has 0 saturated carbocycles. The molecular formula is C22H24O6. The molecule has 3 heterocycles. The van der Waals surface area contributed by atoms with Gasteiger partial charge in [0, 0.05) is 28.5 Å². The van der Waals surface area contributed by atoms with E-state index in [0.717, 1.165) is 29.7 Å². The number of rotatable bonds is 2. The van der Waals surface area contributed by atoms with Gasteiger partial charge in [0.2, 0.25) is 0 Å². The number of hydrogen-bond donors (Lipinski definition) is 2. The molecule has 5 rings (SSSR count). The van der Waals surface area contributed by atoms with Crippen LogP contribution in [0, 0.1) is 11.8 Å². The van der Waals surface area contributed by atoms with Crippen molar-refractivity contribution in [2.24, 2.45) is 11.8 Å². The van der Waals surface area contributed by atoms with Crippen LogP contribution in [0.3, 0.4) is 0 Å². The average Bonchev–Trinajstić information content (AvgIpc) is 2.74. The first-order valence-electron chi connectivity index (χ1n) is 9.75. The molecule has 0 aliphatic carbocycles. The highest BCUT2D eigenvalue weighted by molar-refractivity contribution is 5.52. The molecule has 3 aliphatic heterocycles. The zero-order valence-corrected chi connectivity index (χ0v) is 15.8. The summed E-state index contributed by atoms with van der Waals surface area (Å²) in [7, 11) is 1.59. The van der Waals surface area contributed by atoms with Crippen LogP contribution in [-0.4, -0.2) is 37.1 Å². The van der Waals surface area contributed by atoms with Crippen LogP contribution in [0.25, 0.3) is 0 Å². The maximum absolute atomic E-state index is 11.3. The molecule has 2 aromatic rings. The predicted molar refractivity (Wildman–Crippen MR) is 101 cm³/mol. The van der Waals surface area contributed by atoms with Crippen LogP contribution in [0.5, 0.6) is 23.0 Å². The molecule has 28 heavy (non-hydrogen) atoms. The largest absolute Gasteiger partial charge is 0.497 e. The zero-order valence-electron chi connectivity index (χ0n) is 15.8. The summed E-state index contributed by atoms with van der Waals surface area (Å²) in [5, 5.41) is 22.3. The van der Waals surface area contributed by atoms with Gasteiger partial charge in [-0.1, -0.05) is 0 Å². The van der Waals surface area contributed by atoms with Crippen molar-refractivity contribution in [1.82, 2.24) is 0 Å². The summed E-state index contributed by atoms with van der Waals surface area (Å²) in [4.78, 5) is 0. The lowest BCUT2D eigenvalue weighted by atomic mass is 9.76. The Hall–Kier alpha value is -2.44. The summed E-state index contributed by atoms with van der Waals surface area (Å²) in [6, 6.07) is 9.21. The summed E-state index contributed by atoms with van der Waals surface area (Å²) in [6.07, 6.45) is 0.272. The minimum atomic E-state index is -0.764. The van der Waals surface area contributed by atoms with Crippen molar-refractivity contribution in [3.05, 3.63) is 47.0 Å². The Labute approximate surface area is 163 Å². The molecule has 0 unspecified atom stereocenters. The van der Waals surface area contributed by atoms with Crippen molar-refractivity contribution >= 4 is 0 Å². The summed E-state index contributed by atoms with van der Waals surface area (Å²) < 4.78 is 22.9. The number of benzene rings is 2. The Balaban J connectivity index is 1.48. The van der Waals surface area contributed by atoms with E-state index in [0.29, 0.717) is 42.6 Å². The maximum Gasteiger partial charge on any atom is 0.125 e. The third-order valence-electron chi connectivity index (χ3n) is 6.16. The standard InChI is InChI=1S/C22H24O6/c1-25-12-4-5-18-14(9-12)21(23)15(10-27-18)16-11-28-19-7-6-17-13(3-2-8-26-17)20(19)22(16)24/h4-7,9,15-16,21-24H,2-3,8,10-11H2,1H3/t15-,16+,21-,22-/m1/s1. The summed E-state index contributed by atoms with van der Waals surface area (Å²) in [6.45, 7) is 1.35. The van der Waals surface area contributed by atoms with Gasteiger partial charge in [-0.05, 0) is 43.2 Å². The first-order chi connectivity index (χ1) is 13.7. The Morgan fingerprint density at radius 1 is 0.893 bits per heavy atom. The summed E-state index contributed by atoms with van der Waals surface area (Å²) in [5.41, 5.74) is 2.51. The van der Waals surface area contributed by atoms with Gasteiger partial charge < -0.3 is 29.2 Å². The van der Waals surface area contributed by atoms with Gasteiger partial charge in [-0.25, -0.2) is 0 Å².